The van der Waals surface area contributed by atoms with Crippen LogP contribution in [0.15, 0.2) is 5.38 Å². The van der Waals surface area contributed by atoms with E-state index in [-0.39, 0.29) is 5.91 Å². The Morgan fingerprint density at radius 3 is 3.00 bits per heavy atom. The fourth-order valence-corrected chi connectivity index (χ4v) is 2.47. The van der Waals surface area contributed by atoms with E-state index in [1.54, 1.807) is 11.3 Å². The SMILES string of the molecule is Cc1csc(CCNC(=O)CCCCBr)n1. The van der Waals surface area contributed by atoms with Crippen molar-refractivity contribution in [1.82, 2.24) is 10.3 Å². The van der Waals surface area contributed by atoms with Gasteiger partial charge in [0.15, 0.2) is 0 Å². The molecule has 5 heteroatoms. The summed E-state index contributed by atoms with van der Waals surface area (Å²) in [5.41, 5.74) is 1.06. The second-order valence-corrected chi connectivity index (χ2v) is 5.36. The number of aromatic nitrogens is 1. The average molecular weight is 305 g/mol. The highest BCUT2D eigenvalue weighted by molar-refractivity contribution is 9.09. The molecule has 0 aromatic carbocycles. The van der Waals surface area contributed by atoms with Crippen molar-refractivity contribution >= 4 is 33.2 Å². The quantitative estimate of drug-likeness (QED) is 0.621. The number of carbonyl (C=O) groups excluding carboxylic acids is 1. The summed E-state index contributed by atoms with van der Waals surface area (Å²) in [5, 5.41) is 7.01. The minimum atomic E-state index is 0.147. The second-order valence-electron chi connectivity index (χ2n) is 3.63. The van der Waals surface area contributed by atoms with Crippen LogP contribution >= 0.6 is 27.3 Å². The Balaban J connectivity index is 2.08. The number of unbranched alkanes of at least 4 members (excludes halogenated alkanes) is 1. The van der Waals surface area contributed by atoms with Crippen LogP contribution in [0.25, 0.3) is 0 Å². The molecular formula is C11H17BrN2OS. The van der Waals surface area contributed by atoms with Crippen molar-refractivity contribution in [1.29, 1.82) is 0 Å². The van der Waals surface area contributed by atoms with E-state index in [1.165, 1.54) is 0 Å². The first-order chi connectivity index (χ1) is 7.72. The largest absolute Gasteiger partial charge is 0.356 e. The lowest BCUT2D eigenvalue weighted by atomic mass is 10.2. The summed E-state index contributed by atoms with van der Waals surface area (Å²) in [4.78, 5) is 15.7. The Hall–Kier alpha value is -0.420. The van der Waals surface area contributed by atoms with Gasteiger partial charge in [0, 0.05) is 35.8 Å². The maximum absolute atomic E-state index is 11.4. The summed E-state index contributed by atoms with van der Waals surface area (Å²) in [6, 6.07) is 0. The molecule has 0 aliphatic rings. The number of hydrogen-bond acceptors (Lipinski definition) is 3. The zero-order chi connectivity index (χ0) is 11.8. The minimum absolute atomic E-state index is 0.147. The molecule has 1 amide bonds. The second kappa shape index (κ2) is 7.79. The maximum atomic E-state index is 11.4. The van der Waals surface area contributed by atoms with Crippen LogP contribution in [0.4, 0.5) is 0 Å². The van der Waals surface area contributed by atoms with E-state index in [4.69, 9.17) is 0 Å². The van der Waals surface area contributed by atoms with Crippen LogP contribution < -0.4 is 5.32 Å². The molecule has 1 aromatic rings. The van der Waals surface area contributed by atoms with Crippen LogP contribution in [-0.4, -0.2) is 22.8 Å². The third-order valence-corrected chi connectivity index (χ3v) is 3.70. The predicted octanol–water partition coefficient (Wildman–Crippen LogP) is 2.68. The van der Waals surface area contributed by atoms with Crippen molar-refractivity contribution in [3.63, 3.8) is 0 Å². The van der Waals surface area contributed by atoms with E-state index < -0.39 is 0 Å². The van der Waals surface area contributed by atoms with Gasteiger partial charge < -0.3 is 5.32 Å². The molecule has 1 heterocycles. The molecule has 0 aliphatic heterocycles. The molecule has 1 rings (SSSR count). The first-order valence-corrected chi connectivity index (χ1v) is 7.46. The number of alkyl halides is 1. The zero-order valence-electron chi connectivity index (χ0n) is 9.46. The summed E-state index contributed by atoms with van der Waals surface area (Å²) in [6.45, 7) is 2.68. The Morgan fingerprint density at radius 2 is 2.38 bits per heavy atom. The van der Waals surface area contributed by atoms with Crippen LogP contribution in [0.2, 0.25) is 0 Å². The summed E-state index contributed by atoms with van der Waals surface area (Å²) in [6.07, 6.45) is 3.47. The molecule has 0 unspecified atom stereocenters. The van der Waals surface area contributed by atoms with E-state index in [0.717, 1.165) is 35.3 Å². The van der Waals surface area contributed by atoms with Gasteiger partial charge in [-0.2, -0.15) is 0 Å². The molecule has 0 aliphatic carbocycles. The predicted molar refractivity (Wildman–Crippen MR) is 71.2 cm³/mol. The van der Waals surface area contributed by atoms with E-state index in [9.17, 15) is 4.79 Å². The number of rotatable bonds is 7. The molecule has 0 atom stereocenters. The summed E-state index contributed by atoms with van der Waals surface area (Å²) in [7, 11) is 0. The molecule has 0 radical (unpaired) electrons. The average Bonchev–Trinajstić information content (AvgIpc) is 2.65. The smallest absolute Gasteiger partial charge is 0.220 e. The summed E-state index contributed by atoms with van der Waals surface area (Å²) in [5.74, 6) is 0.147. The van der Waals surface area contributed by atoms with Gasteiger partial charge in [0.05, 0.1) is 5.01 Å². The van der Waals surface area contributed by atoms with E-state index in [2.05, 4.69) is 26.2 Å². The van der Waals surface area contributed by atoms with Crippen molar-refractivity contribution in [2.45, 2.75) is 32.6 Å². The van der Waals surface area contributed by atoms with Crippen LogP contribution in [0, 0.1) is 6.92 Å². The van der Waals surface area contributed by atoms with E-state index in [1.807, 2.05) is 12.3 Å². The number of halogens is 1. The number of nitrogens with zero attached hydrogens (tertiary/aromatic N) is 1. The standard InChI is InChI=1S/C11H17BrN2OS/c1-9-8-16-11(14-9)5-7-13-10(15)4-2-3-6-12/h8H,2-7H2,1H3,(H,13,15). The highest BCUT2D eigenvalue weighted by Gasteiger charge is 2.02. The number of hydrogen-bond donors (Lipinski definition) is 1. The van der Waals surface area contributed by atoms with Gasteiger partial charge in [-0.25, -0.2) is 4.98 Å². The Bertz CT molecular complexity index is 328. The van der Waals surface area contributed by atoms with Gasteiger partial charge in [0.1, 0.15) is 0 Å². The Morgan fingerprint density at radius 1 is 1.56 bits per heavy atom. The lowest BCUT2D eigenvalue weighted by molar-refractivity contribution is -0.121. The van der Waals surface area contributed by atoms with Crippen molar-refractivity contribution in [2.75, 3.05) is 11.9 Å². The lowest BCUT2D eigenvalue weighted by Gasteiger charge is -2.02. The van der Waals surface area contributed by atoms with Crippen LogP contribution in [0.3, 0.4) is 0 Å². The van der Waals surface area contributed by atoms with Crippen molar-refractivity contribution in [3.8, 4) is 0 Å². The lowest BCUT2D eigenvalue weighted by Crippen LogP contribution is -2.25. The highest BCUT2D eigenvalue weighted by atomic mass is 79.9. The Kier molecular flexibility index (Phi) is 6.64. The van der Waals surface area contributed by atoms with E-state index >= 15 is 0 Å². The molecule has 3 nitrogen and oxygen atoms in total. The molecule has 0 saturated heterocycles. The highest BCUT2D eigenvalue weighted by Crippen LogP contribution is 2.08. The number of nitrogens with one attached hydrogen (secondary N) is 1. The first kappa shape index (κ1) is 13.6. The number of thiazole rings is 1. The third kappa shape index (κ3) is 5.61. The number of amides is 1. The molecule has 0 bridgehead atoms. The molecule has 1 aromatic heterocycles. The van der Waals surface area contributed by atoms with Gasteiger partial charge in [-0.1, -0.05) is 15.9 Å². The van der Waals surface area contributed by atoms with Crippen molar-refractivity contribution < 1.29 is 4.79 Å². The zero-order valence-corrected chi connectivity index (χ0v) is 11.9. The topological polar surface area (TPSA) is 42.0 Å². The summed E-state index contributed by atoms with van der Waals surface area (Å²) >= 11 is 5.00. The van der Waals surface area contributed by atoms with Crippen molar-refractivity contribution in [3.05, 3.63) is 16.1 Å². The third-order valence-electron chi connectivity index (χ3n) is 2.12. The molecule has 0 fully saturated rings. The normalized spacial score (nSPS) is 10.4. The fourth-order valence-electron chi connectivity index (χ4n) is 1.29. The van der Waals surface area contributed by atoms with Crippen LogP contribution in [-0.2, 0) is 11.2 Å². The number of carbonyl (C=O) groups is 1. The van der Waals surface area contributed by atoms with Crippen molar-refractivity contribution in [2.24, 2.45) is 0 Å². The minimum Gasteiger partial charge on any atom is -0.356 e. The van der Waals surface area contributed by atoms with Crippen LogP contribution in [0.1, 0.15) is 30.0 Å². The fraction of sp³-hybridized carbons (Fsp3) is 0.636. The van der Waals surface area contributed by atoms with Gasteiger partial charge in [-0.3, -0.25) is 4.79 Å². The van der Waals surface area contributed by atoms with Gasteiger partial charge in [-0.05, 0) is 19.8 Å². The molecule has 16 heavy (non-hydrogen) atoms. The molecule has 0 spiro atoms. The maximum Gasteiger partial charge on any atom is 0.220 e. The summed E-state index contributed by atoms with van der Waals surface area (Å²) < 4.78 is 0. The molecule has 1 N–H and O–H groups in total. The number of aryl methyl sites for hydroxylation is 1. The Labute approximate surface area is 109 Å². The monoisotopic (exact) mass is 304 g/mol. The van der Waals surface area contributed by atoms with Crippen LogP contribution in [0.5, 0.6) is 0 Å². The molecule has 0 saturated carbocycles. The molecule has 90 valence electrons. The van der Waals surface area contributed by atoms with Gasteiger partial charge >= 0.3 is 0 Å². The molecular weight excluding hydrogens is 288 g/mol. The van der Waals surface area contributed by atoms with Gasteiger partial charge in [-0.15, -0.1) is 11.3 Å². The van der Waals surface area contributed by atoms with Gasteiger partial charge in [0.25, 0.3) is 0 Å². The van der Waals surface area contributed by atoms with Gasteiger partial charge in [0.2, 0.25) is 5.91 Å². The first-order valence-electron chi connectivity index (χ1n) is 5.46. The van der Waals surface area contributed by atoms with E-state index in [0.29, 0.717) is 13.0 Å².